The Kier molecular flexibility index (Phi) is 5.36. The van der Waals surface area contributed by atoms with Crippen LogP contribution in [-0.2, 0) is 16.0 Å². The lowest BCUT2D eigenvalue weighted by molar-refractivity contribution is -0.148. The predicted octanol–water partition coefficient (Wildman–Crippen LogP) is 1.94. The molecule has 0 aliphatic carbocycles. The highest BCUT2D eigenvalue weighted by Gasteiger charge is 2.20. The second-order valence-corrected chi connectivity index (χ2v) is 4.36. The van der Waals surface area contributed by atoms with Crippen LogP contribution in [-0.4, -0.2) is 35.0 Å². The molecule has 18 heavy (non-hydrogen) atoms. The van der Waals surface area contributed by atoms with E-state index in [9.17, 15) is 9.59 Å². The van der Waals surface area contributed by atoms with Gasteiger partial charge in [0.25, 0.3) is 0 Å². The van der Waals surface area contributed by atoms with Gasteiger partial charge in [0.2, 0.25) is 5.91 Å². The van der Waals surface area contributed by atoms with Gasteiger partial charge in [0.1, 0.15) is 6.04 Å². The van der Waals surface area contributed by atoms with E-state index < -0.39 is 12.0 Å². The summed E-state index contributed by atoms with van der Waals surface area (Å²) in [6, 6.07) is 9.17. The molecule has 0 aliphatic heterocycles. The number of aliphatic carboxylic acids is 1. The van der Waals surface area contributed by atoms with Gasteiger partial charge in [-0.2, -0.15) is 0 Å². The molecule has 0 spiro atoms. The summed E-state index contributed by atoms with van der Waals surface area (Å²) < 4.78 is 0. The number of hydrogen-bond acceptors (Lipinski definition) is 2. The Labute approximate surface area is 107 Å². The molecule has 1 rings (SSSR count). The number of carboxylic acid groups (broad SMARTS) is 1. The minimum absolute atomic E-state index is 0.124. The van der Waals surface area contributed by atoms with Crippen LogP contribution in [0.15, 0.2) is 30.3 Å². The number of amides is 1. The average molecular weight is 249 g/mol. The van der Waals surface area contributed by atoms with E-state index in [1.807, 2.05) is 30.3 Å². The third kappa shape index (κ3) is 4.20. The zero-order valence-corrected chi connectivity index (χ0v) is 10.8. The van der Waals surface area contributed by atoms with Crippen molar-refractivity contribution in [1.29, 1.82) is 0 Å². The molecule has 1 amide bonds. The number of carboxylic acids is 1. The quantitative estimate of drug-likeness (QED) is 0.838. The first-order valence-corrected chi connectivity index (χ1v) is 6.04. The van der Waals surface area contributed by atoms with Crippen LogP contribution in [0.3, 0.4) is 0 Å². The summed E-state index contributed by atoms with van der Waals surface area (Å²) in [6.07, 6.45) is 1.95. The van der Waals surface area contributed by atoms with E-state index in [-0.39, 0.29) is 5.91 Å². The van der Waals surface area contributed by atoms with Gasteiger partial charge in [0, 0.05) is 13.5 Å². The van der Waals surface area contributed by atoms with Crippen LogP contribution in [0.1, 0.15) is 25.3 Å². The molecule has 0 aliphatic rings. The maximum atomic E-state index is 11.7. The number of carbonyl (C=O) groups excluding carboxylic acids is 1. The fourth-order valence-electron chi connectivity index (χ4n) is 1.65. The largest absolute Gasteiger partial charge is 0.480 e. The second kappa shape index (κ2) is 6.79. The maximum absolute atomic E-state index is 11.7. The van der Waals surface area contributed by atoms with Crippen molar-refractivity contribution >= 4 is 11.9 Å². The highest BCUT2D eigenvalue weighted by Crippen LogP contribution is 2.07. The zero-order chi connectivity index (χ0) is 13.5. The minimum atomic E-state index is -0.978. The molecule has 0 heterocycles. The first kappa shape index (κ1) is 14.2. The Morgan fingerprint density at radius 3 is 2.44 bits per heavy atom. The molecule has 0 saturated carbocycles. The average Bonchev–Trinajstić information content (AvgIpc) is 2.38. The van der Waals surface area contributed by atoms with Gasteiger partial charge in [-0.25, -0.2) is 4.79 Å². The number of carbonyl (C=O) groups is 2. The first-order valence-electron chi connectivity index (χ1n) is 6.04. The number of hydrogen-bond donors (Lipinski definition) is 1. The van der Waals surface area contributed by atoms with Crippen molar-refractivity contribution in [2.75, 3.05) is 7.05 Å². The van der Waals surface area contributed by atoms with Gasteiger partial charge in [-0.15, -0.1) is 0 Å². The van der Waals surface area contributed by atoms with E-state index in [1.54, 1.807) is 0 Å². The number of aryl methyl sites for hydroxylation is 1. The Morgan fingerprint density at radius 1 is 1.28 bits per heavy atom. The van der Waals surface area contributed by atoms with Gasteiger partial charge in [0.15, 0.2) is 0 Å². The van der Waals surface area contributed by atoms with Gasteiger partial charge in [0.05, 0.1) is 0 Å². The summed E-state index contributed by atoms with van der Waals surface area (Å²) in [5.74, 6) is -1.10. The van der Waals surface area contributed by atoms with Crippen molar-refractivity contribution in [2.45, 2.75) is 32.2 Å². The molecule has 0 radical (unpaired) electrons. The van der Waals surface area contributed by atoms with Crippen molar-refractivity contribution in [2.24, 2.45) is 0 Å². The summed E-state index contributed by atoms with van der Waals surface area (Å²) in [5, 5.41) is 8.81. The normalized spacial score (nSPS) is 11.9. The van der Waals surface area contributed by atoms with Crippen LogP contribution in [0.2, 0.25) is 0 Å². The summed E-state index contributed by atoms with van der Waals surface area (Å²) in [5.41, 5.74) is 1.19. The van der Waals surface area contributed by atoms with Gasteiger partial charge < -0.3 is 10.0 Å². The topological polar surface area (TPSA) is 57.6 Å². The fourth-order valence-corrected chi connectivity index (χ4v) is 1.65. The highest BCUT2D eigenvalue weighted by molar-refractivity contribution is 5.83. The molecule has 0 fully saturated rings. The van der Waals surface area contributed by atoms with Crippen molar-refractivity contribution in [3.05, 3.63) is 35.9 Å². The van der Waals surface area contributed by atoms with E-state index in [2.05, 4.69) is 0 Å². The molecule has 4 heteroatoms. The predicted molar refractivity (Wildman–Crippen MR) is 69.2 cm³/mol. The smallest absolute Gasteiger partial charge is 0.326 e. The monoisotopic (exact) mass is 249 g/mol. The van der Waals surface area contributed by atoms with Crippen molar-refractivity contribution in [1.82, 2.24) is 4.90 Å². The Hall–Kier alpha value is -1.84. The van der Waals surface area contributed by atoms with Crippen LogP contribution in [0.5, 0.6) is 0 Å². The molecule has 1 aromatic rings. The van der Waals surface area contributed by atoms with E-state index in [0.29, 0.717) is 6.42 Å². The van der Waals surface area contributed by atoms with Crippen LogP contribution in [0, 0.1) is 0 Å². The van der Waals surface area contributed by atoms with Crippen LogP contribution in [0.25, 0.3) is 0 Å². The molecule has 4 nitrogen and oxygen atoms in total. The summed E-state index contributed by atoms with van der Waals surface area (Å²) in [6.45, 7) is 1.51. The minimum Gasteiger partial charge on any atom is -0.480 e. The molecule has 0 bridgehead atoms. The van der Waals surface area contributed by atoms with E-state index in [1.165, 1.54) is 24.4 Å². The SMILES string of the molecule is CC(C(=O)O)N(C)C(=O)CCCc1ccccc1. The number of benzene rings is 1. The lowest BCUT2D eigenvalue weighted by Gasteiger charge is -2.21. The van der Waals surface area contributed by atoms with Crippen molar-refractivity contribution < 1.29 is 14.7 Å². The third-order valence-corrected chi connectivity index (χ3v) is 3.03. The van der Waals surface area contributed by atoms with Crippen molar-refractivity contribution in [3.8, 4) is 0 Å². The first-order chi connectivity index (χ1) is 8.52. The molecule has 98 valence electrons. The van der Waals surface area contributed by atoms with Gasteiger partial charge in [-0.05, 0) is 25.3 Å². The highest BCUT2D eigenvalue weighted by atomic mass is 16.4. The number of nitrogens with zero attached hydrogens (tertiary/aromatic N) is 1. The van der Waals surface area contributed by atoms with Gasteiger partial charge in [-0.3, -0.25) is 4.79 Å². The van der Waals surface area contributed by atoms with E-state index in [4.69, 9.17) is 5.11 Å². The molecule has 1 aromatic carbocycles. The third-order valence-electron chi connectivity index (χ3n) is 3.03. The molecular weight excluding hydrogens is 230 g/mol. The lowest BCUT2D eigenvalue weighted by Crippen LogP contribution is -2.40. The lowest BCUT2D eigenvalue weighted by atomic mass is 10.1. The number of rotatable bonds is 6. The molecule has 1 atom stereocenters. The van der Waals surface area contributed by atoms with E-state index in [0.717, 1.165) is 12.8 Å². The summed E-state index contributed by atoms with van der Waals surface area (Å²) in [7, 11) is 1.53. The summed E-state index contributed by atoms with van der Waals surface area (Å²) >= 11 is 0. The Bertz CT molecular complexity index is 403. The van der Waals surface area contributed by atoms with Crippen molar-refractivity contribution in [3.63, 3.8) is 0 Å². The molecular formula is C14H19NO3. The molecule has 0 aromatic heterocycles. The fraction of sp³-hybridized carbons (Fsp3) is 0.429. The molecule has 0 saturated heterocycles. The molecule has 1 unspecified atom stereocenters. The Morgan fingerprint density at radius 2 is 1.89 bits per heavy atom. The van der Waals surface area contributed by atoms with Crippen LogP contribution < -0.4 is 0 Å². The van der Waals surface area contributed by atoms with E-state index >= 15 is 0 Å². The maximum Gasteiger partial charge on any atom is 0.326 e. The van der Waals surface area contributed by atoms with Gasteiger partial charge in [-0.1, -0.05) is 30.3 Å². The summed E-state index contributed by atoms with van der Waals surface area (Å²) in [4.78, 5) is 23.8. The standard InChI is InChI=1S/C14H19NO3/c1-11(14(17)18)15(2)13(16)10-6-9-12-7-4-3-5-8-12/h3-5,7-8,11H,6,9-10H2,1-2H3,(H,17,18). The number of likely N-dealkylation sites (N-methyl/N-ethyl adjacent to an activating group) is 1. The Balaban J connectivity index is 2.35. The second-order valence-electron chi connectivity index (χ2n) is 4.36. The molecule has 1 N–H and O–H groups in total. The van der Waals surface area contributed by atoms with Crippen LogP contribution in [0.4, 0.5) is 0 Å². The zero-order valence-electron chi connectivity index (χ0n) is 10.8. The van der Waals surface area contributed by atoms with Gasteiger partial charge >= 0.3 is 5.97 Å². The van der Waals surface area contributed by atoms with Crippen LogP contribution >= 0.6 is 0 Å².